The van der Waals surface area contributed by atoms with Crippen molar-refractivity contribution in [3.05, 3.63) is 95.0 Å². The number of halogens is 1. The Balaban J connectivity index is 1.81. The molecular weight excluding hydrogens is 382 g/mol. The SMILES string of the molecule is N#C/C(=C\c1ccc(OS(=O)(=O)c2ccccc2)cc1)c1ccc(Cl)cc1. The highest BCUT2D eigenvalue weighted by Crippen LogP contribution is 2.23. The van der Waals surface area contributed by atoms with Crippen molar-refractivity contribution < 1.29 is 12.6 Å². The molecule has 0 unspecified atom stereocenters. The van der Waals surface area contributed by atoms with E-state index in [0.717, 1.165) is 11.1 Å². The molecule has 0 bridgehead atoms. The first-order chi connectivity index (χ1) is 13.0. The Labute approximate surface area is 163 Å². The van der Waals surface area contributed by atoms with E-state index in [0.29, 0.717) is 10.6 Å². The first-order valence-corrected chi connectivity index (χ1v) is 9.74. The fourth-order valence-corrected chi connectivity index (χ4v) is 3.43. The van der Waals surface area contributed by atoms with Gasteiger partial charge in [0.1, 0.15) is 10.6 Å². The van der Waals surface area contributed by atoms with Crippen LogP contribution in [-0.2, 0) is 10.1 Å². The molecule has 3 aromatic rings. The van der Waals surface area contributed by atoms with E-state index in [9.17, 15) is 13.7 Å². The van der Waals surface area contributed by atoms with E-state index in [1.54, 1.807) is 72.8 Å². The maximum absolute atomic E-state index is 12.2. The number of benzene rings is 3. The third-order valence-electron chi connectivity index (χ3n) is 3.70. The van der Waals surface area contributed by atoms with Crippen LogP contribution in [0.25, 0.3) is 11.6 Å². The third kappa shape index (κ3) is 4.76. The van der Waals surface area contributed by atoms with Crippen molar-refractivity contribution >= 4 is 33.4 Å². The molecule has 3 rings (SSSR count). The molecule has 27 heavy (non-hydrogen) atoms. The second-order valence-electron chi connectivity index (χ2n) is 5.60. The largest absolute Gasteiger partial charge is 0.379 e. The monoisotopic (exact) mass is 395 g/mol. The van der Waals surface area contributed by atoms with Crippen LogP contribution in [-0.4, -0.2) is 8.42 Å². The van der Waals surface area contributed by atoms with Crippen LogP contribution < -0.4 is 4.18 Å². The molecule has 134 valence electrons. The zero-order valence-electron chi connectivity index (χ0n) is 14.0. The number of nitrogens with zero attached hydrogens (tertiary/aromatic N) is 1. The zero-order valence-corrected chi connectivity index (χ0v) is 15.6. The van der Waals surface area contributed by atoms with Gasteiger partial charge in [0.15, 0.2) is 0 Å². The van der Waals surface area contributed by atoms with Crippen LogP contribution in [0.2, 0.25) is 5.02 Å². The summed E-state index contributed by atoms with van der Waals surface area (Å²) >= 11 is 5.87. The van der Waals surface area contributed by atoms with Crippen LogP contribution in [0.1, 0.15) is 11.1 Å². The highest BCUT2D eigenvalue weighted by molar-refractivity contribution is 7.87. The van der Waals surface area contributed by atoms with Crippen molar-refractivity contribution in [2.75, 3.05) is 0 Å². The van der Waals surface area contributed by atoms with Crippen LogP contribution >= 0.6 is 11.6 Å². The van der Waals surface area contributed by atoms with Gasteiger partial charge in [-0.15, -0.1) is 0 Å². The molecule has 3 aromatic carbocycles. The molecule has 4 nitrogen and oxygen atoms in total. The Kier molecular flexibility index (Phi) is 5.60. The number of nitriles is 1. The van der Waals surface area contributed by atoms with Gasteiger partial charge < -0.3 is 4.18 Å². The summed E-state index contributed by atoms with van der Waals surface area (Å²) in [4.78, 5) is 0.0866. The lowest BCUT2D eigenvalue weighted by Gasteiger charge is -2.07. The summed E-state index contributed by atoms with van der Waals surface area (Å²) in [6.07, 6.45) is 1.71. The third-order valence-corrected chi connectivity index (χ3v) is 5.22. The molecule has 0 saturated carbocycles. The summed E-state index contributed by atoms with van der Waals surface area (Å²) in [5.41, 5.74) is 1.96. The van der Waals surface area contributed by atoms with Gasteiger partial charge in [-0.05, 0) is 53.6 Å². The summed E-state index contributed by atoms with van der Waals surface area (Å²) in [5, 5.41) is 9.98. The van der Waals surface area contributed by atoms with Crippen LogP contribution in [0.3, 0.4) is 0 Å². The molecule has 0 atom stereocenters. The summed E-state index contributed by atoms with van der Waals surface area (Å²) in [6.45, 7) is 0. The minimum atomic E-state index is -3.88. The van der Waals surface area contributed by atoms with Crippen molar-refractivity contribution in [3.63, 3.8) is 0 Å². The first-order valence-electron chi connectivity index (χ1n) is 7.95. The number of allylic oxidation sites excluding steroid dienone is 1. The lowest BCUT2D eigenvalue weighted by Crippen LogP contribution is -2.09. The van der Waals surface area contributed by atoms with Crippen LogP contribution in [0.4, 0.5) is 0 Å². The van der Waals surface area contributed by atoms with Gasteiger partial charge in [0.05, 0.1) is 11.6 Å². The lowest BCUT2D eigenvalue weighted by molar-refractivity contribution is 0.486. The summed E-state index contributed by atoms with van der Waals surface area (Å²) in [7, 11) is -3.88. The van der Waals surface area contributed by atoms with Gasteiger partial charge >= 0.3 is 10.1 Å². The van der Waals surface area contributed by atoms with E-state index in [-0.39, 0.29) is 10.6 Å². The predicted molar refractivity (Wildman–Crippen MR) is 106 cm³/mol. The lowest BCUT2D eigenvalue weighted by atomic mass is 10.0. The highest BCUT2D eigenvalue weighted by Gasteiger charge is 2.15. The molecule has 0 aliphatic rings. The van der Waals surface area contributed by atoms with Crippen molar-refractivity contribution in [2.45, 2.75) is 4.90 Å². The Bertz CT molecular complexity index is 1100. The topological polar surface area (TPSA) is 67.2 Å². The predicted octanol–water partition coefficient (Wildman–Crippen LogP) is 5.17. The fourth-order valence-electron chi connectivity index (χ4n) is 2.36. The normalized spacial score (nSPS) is 11.6. The van der Waals surface area contributed by atoms with Gasteiger partial charge in [-0.25, -0.2) is 0 Å². The van der Waals surface area contributed by atoms with Gasteiger partial charge in [-0.3, -0.25) is 0 Å². The van der Waals surface area contributed by atoms with E-state index in [4.69, 9.17) is 15.8 Å². The minimum Gasteiger partial charge on any atom is -0.379 e. The molecule has 6 heteroatoms. The van der Waals surface area contributed by atoms with Gasteiger partial charge in [-0.2, -0.15) is 13.7 Å². The summed E-state index contributed by atoms with van der Waals surface area (Å²) < 4.78 is 29.6. The van der Waals surface area contributed by atoms with Crippen LogP contribution in [0, 0.1) is 11.3 Å². The zero-order chi connectivity index (χ0) is 19.3. The van der Waals surface area contributed by atoms with Gasteiger partial charge in [-0.1, -0.05) is 54.1 Å². The average molecular weight is 396 g/mol. The smallest absolute Gasteiger partial charge is 0.339 e. The first kappa shape index (κ1) is 18.7. The molecule has 0 aromatic heterocycles. The Morgan fingerprint density at radius 2 is 1.56 bits per heavy atom. The van der Waals surface area contributed by atoms with E-state index in [1.807, 2.05) is 0 Å². The van der Waals surface area contributed by atoms with E-state index < -0.39 is 10.1 Å². The minimum absolute atomic E-state index is 0.0866. The average Bonchev–Trinajstić information content (AvgIpc) is 2.69. The molecule has 0 saturated heterocycles. The van der Waals surface area contributed by atoms with Crippen molar-refractivity contribution in [2.24, 2.45) is 0 Å². The molecule has 0 heterocycles. The summed E-state index contributed by atoms with van der Waals surface area (Å²) in [6, 6.07) is 23.5. The van der Waals surface area contributed by atoms with Gasteiger partial charge in [0, 0.05) is 5.02 Å². The maximum Gasteiger partial charge on any atom is 0.339 e. The van der Waals surface area contributed by atoms with Crippen molar-refractivity contribution in [1.29, 1.82) is 5.26 Å². The number of hydrogen-bond acceptors (Lipinski definition) is 4. The highest BCUT2D eigenvalue weighted by atomic mass is 35.5. The van der Waals surface area contributed by atoms with E-state index in [1.165, 1.54) is 12.1 Å². The second-order valence-corrected chi connectivity index (χ2v) is 7.58. The van der Waals surface area contributed by atoms with Gasteiger partial charge in [0.25, 0.3) is 0 Å². The molecule has 0 amide bonds. The molecule has 0 aliphatic carbocycles. The quantitative estimate of drug-likeness (QED) is 0.339. The number of hydrogen-bond donors (Lipinski definition) is 0. The standard InChI is InChI=1S/C21H14ClNO3S/c22-19-10-8-17(9-11-19)18(15-23)14-16-6-12-20(13-7-16)26-27(24,25)21-4-2-1-3-5-21/h1-14H/b18-14+. The van der Waals surface area contributed by atoms with E-state index in [2.05, 4.69) is 6.07 Å². The van der Waals surface area contributed by atoms with Crippen molar-refractivity contribution in [3.8, 4) is 11.8 Å². The Morgan fingerprint density at radius 3 is 2.15 bits per heavy atom. The van der Waals surface area contributed by atoms with Crippen LogP contribution in [0.5, 0.6) is 5.75 Å². The van der Waals surface area contributed by atoms with Crippen molar-refractivity contribution in [1.82, 2.24) is 0 Å². The second kappa shape index (κ2) is 8.09. The fraction of sp³-hybridized carbons (Fsp3) is 0. The maximum atomic E-state index is 12.2. The molecule has 0 spiro atoms. The van der Waals surface area contributed by atoms with Gasteiger partial charge in [0.2, 0.25) is 0 Å². The Hall–Kier alpha value is -3.07. The van der Waals surface area contributed by atoms with Crippen LogP contribution in [0.15, 0.2) is 83.8 Å². The molecule has 0 radical (unpaired) electrons. The van der Waals surface area contributed by atoms with E-state index >= 15 is 0 Å². The molecule has 0 aliphatic heterocycles. The molecular formula is C21H14ClNO3S. The summed E-state index contributed by atoms with van der Waals surface area (Å²) in [5.74, 6) is 0.195. The number of rotatable bonds is 5. The molecule has 0 N–H and O–H groups in total. The Morgan fingerprint density at radius 1 is 0.926 bits per heavy atom. The molecule has 0 fully saturated rings.